The second kappa shape index (κ2) is 7.29. The van der Waals surface area contributed by atoms with E-state index in [0.29, 0.717) is 18.2 Å². The number of nitrogens with zero attached hydrogens (tertiary/aromatic N) is 1. The van der Waals surface area contributed by atoms with E-state index in [-0.39, 0.29) is 12.5 Å². The Morgan fingerprint density at radius 2 is 1.95 bits per heavy atom. The fourth-order valence-corrected chi connectivity index (χ4v) is 2.87. The minimum Gasteiger partial charge on any atom is -0.395 e. The third-order valence-electron chi connectivity index (χ3n) is 3.88. The molecule has 1 aliphatic rings. The van der Waals surface area contributed by atoms with Gasteiger partial charge in [-0.25, -0.2) is 0 Å². The first-order valence-electron chi connectivity index (χ1n) is 7.52. The quantitative estimate of drug-likeness (QED) is 0.839. The van der Waals surface area contributed by atoms with Crippen molar-refractivity contribution in [1.29, 1.82) is 0 Å². The summed E-state index contributed by atoms with van der Waals surface area (Å²) in [5.74, 6) is 0.0361. The second-order valence-electron chi connectivity index (χ2n) is 5.27. The number of amides is 1. The Bertz CT molecular complexity index is 425. The fourth-order valence-electron chi connectivity index (χ4n) is 2.87. The highest BCUT2D eigenvalue weighted by Crippen LogP contribution is 2.25. The summed E-state index contributed by atoms with van der Waals surface area (Å²) in [5, 5.41) is 12.4. The Morgan fingerprint density at radius 3 is 2.50 bits per heavy atom. The predicted octanol–water partition coefficient (Wildman–Crippen LogP) is 2.50. The van der Waals surface area contributed by atoms with Crippen LogP contribution < -0.4 is 5.32 Å². The van der Waals surface area contributed by atoms with Gasteiger partial charge in [-0.1, -0.05) is 12.8 Å². The van der Waals surface area contributed by atoms with Crippen molar-refractivity contribution >= 4 is 11.6 Å². The topological polar surface area (TPSA) is 52.6 Å². The van der Waals surface area contributed by atoms with E-state index >= 15 is 0 Å². The molecular formula is C16H24N2O2. The maximum atomic E-state index is 12.6. The van der Waals surface area contributed by atoms with Crippen molar-refractivity contribution in [1.82, 2.24) is 4.90 Å². The van der Waals surface area contributed by atoms with Gasteiger partial charge in [-0.15, -0.1) is 0 Å². The SMILES string of the molecule is CCNc1ccc(C(=O)N(CCO)C2CCCC2)cc1. The summed E-state index contributed by atoms with van der Waals surface area (Å²) in [7, 11) is 0. The summed E-state index contributed by atoms with van der Waals surface area (Å²) in [4.78, 5) is 14.4. The molecule has 2 N–H and O–H groups in total. The monoisotopic (exact) mass is 276 g/mol. The van der Waals surface area contributed by atoms with Crippen LogP contribution in [0.1, 0.15) is 43.0 Å². The average Bonchev–Trinajstić information content (AvgIpc) is 2.99. The second-order valence-corrected chi connectivity index (χ2v) is 5.27. The number of carbonyl (C=O) groups excluding carboxylic acids is 1. The average molecular weight is 276 g/mol. The number of carbonyl (C=O) groups is 1. The van der Waals surface area contributed by atoms with Gasteiger partial charge in [0.25, 0.3) is 5.91 Å². The van der Waals surface area contributed by atoms with Gasteiger partial charge in [-0.2, -0.15) is 0 Å². The number of aliphatic hydroxyl groups excluding tert-OH is 1. The first-order valence-corrected chi connectivity index (χ1v) is 7.52. The van der Waals surface area contributed by atoms with E-state index < -0.39 is 0 Å². The molecular weight excluding hydrogens is 252 g/mol. The molecule has 1 aromatic rings. The van der Waals surface area contributed by atoms with E-state index in [1.807, 2.05) is 36.1 Å². The molecule has 0 saturated heterocycles. The summed E-state index contributed by atoms with van der Waals surface area (Å²) in [6.45, 7) is 3.37. The molecule has 2 rings (SSSR count). The first kappa shape index (κ1) is 14.9. The van der Waals surface area contributed by atoms with E-state index in [2.05, 4.69) is 5.32 Å². The molecule has 0 radical (unpaired) electrons. The zero-order valence-corrected chi connectivity index (χ0v) is 12.1. The number of hydrogen-bond acceptors (Lipinski definition) is 3. The molecule has 1 fully saturated rings. The van der Waals surface area contributed by atoms with Crippen molar-refractivity contribution in [2.45, 2.75) is 38.6 Å². The molecule has 0 bridgehead atoms. The fraction of sp³-hybridized carbons (Fsp3) is 0.562. The maximum absolute atomic E-state index is 12.6. The molecule has 1 aliphatic carbocycles. The molecule has 4 nitrogen and oxygen atoms in total. The van der Waals surface area contributed by atoms with Gasteiger partial charge in [0.05, 0.1) is 6.61 Å². The number of hydrogen-bond donors (Lipinski definition) is 2. The zero-order chi connectivity index (χ0) is 14.4. The number of benzene rings is 1. The van der Waals surface area contributed by atoms with Crippen LogP contribution in [-0.2, 0) is 0 Å². The Kier molecular flexibility index (Phi) is 5.41. The first-order chi connectivity index (χ1) is 9.76. The molecule has 0 atom stereocenters. The Hall–Kier alpha value is -1.55. The van der Waals surface area contributed by atoms with Crippen LogP contribution in [0.15, 0.2) is 24.3 Å². The lowest BCUT2D eigenvalue weighted by Crippen LogP contribution is -2.40. The third kappa shape index (κ3) is 3.51. The third-order valence-corrected chi connectivity index (χ3v) is 3.88. The van der Waals surface area contributed by atoms with Crippen LogP contribution in [0, 0.1) is 0 Å². The zero-order valence-electron chi connectivity index (χ0n) is 12.1. The molecule has 0 unspecified atom stereocenters. The van der Waals surface area contributed by atoms with Gasteiger partial charge in [0.1, 0.15) is 0 Å². The van der Waals surface area contributed by atoms with Gasteiger partial charge < -0.3 is 15.3 Å². The minimum atomic E-state index is 0.0255. The molecule has 0 spiro atoms. The van der Waals surface area contributed by atoms with Crippen LogP contribution in [0.3, 0.4) is 0 Å². The summed E-state index contributed by atoms with van der Waals surface area (Å²) >= 11 is 0. The van der Waals surface area contributed by atoms with Crippen molar-refractivity contribution in [2.75, 3.05) is 25.0 Å². The van der Waals surface area contributed by atoms with Gasteiger partial charge in [0, 0.05) is 30.4 Å². The summed E-state index contributed by atoms with van der Waals surface area (Å²) in [5.41, 5.74) is 1.73. The van der Waals surface area contributed by atoms with E-state index in [1.165, 1.54) is 12.8 Å². The standard InChI is InChI=1S/C16H24N2O2/c1-2-17-14-9-7-13(8-10-14)16(20)18(11-12-19)15-5-3-4-6-15/h7-10,15,17,19H,2-6,11-12H2,1H3. The van der Waals surface area contributed by atoms with Crippen molar-refractivity contribution in [2.24, 2.45) is 0 Å². The molecule has 0 heterocycles. The van der Waals surface area contributed by atoms with Gasteiger partial charge in [0.2, 0.25) is 0 Å². The number of anilines is 1. The highest BCUT2D eigenvalue weighted by atomic mass is 16.3. The van der Waals surface area contributed by atoms with E-state index in [1.54, 1.807) is 0 Å². The Balaban J connectivity index is 2.09. The summed E-state index contributed by atoms with van der Waals surface area (Å²) < 4.78 is 0. The van der Waals surface area contributed by atoms with Crippen LogP contribution in [0.25, 0.3) is 0 Å². The molecule has 20 heavy (non-hydrogen) atoms. The van der Waals surface area contributed by atoms with Crippen molar-refractivity contribution in [3.05, 3.63) is 29.8 Å². The van der Waals surface area contributed by atoms with Crippen molar-refractivity contribution in [3.63, 3.8) is 0 Å². The van der Waals surface area contributed by atoms with Gasteiger partial charge >= 0.3 is 0 Å². The highest BCUT2D eigenvalue weighted by Gasteiger charge is 2.26. The van der Waals surface area contributed by atoms with Crippen LogP contribution in [0.5, 0.6) is 0 Å². The van der Waals surface area contributed by atoms with Crippen molar-refractivity contribution < 1.29 is 9.90 Å². The largest absolute Gasteiger partial charge is 0.395 e. The van der Waals surface area contributed by atoms with Crippen LogP contribution in [0.2, 0.25) is 0 Å². The lowest BCUT2D eigenvalue weighted by molar-refractivity contribution is 0.0638. The van der Waals surface area contributed by atoms with E-state index in [9.17, 15) is 9.90 Å². The minimum absolute atomic E-state index is 0.0255. The predicted molar refractivity (Wildman–Crippen MR) is 81.0 cm³/mol. The normalized spacial score (nSPS) is 15.3. The van der Waals surface area contributed by atoms with E-state index in [4.69, 9.17) is 0 Å². The van der Waals surface area contributed by atoms with Crippen molar-refractivity contribution in [3.8, 4) is 0 Å². The molecule has 4 heteroatoms. The smallest absolute Gasteiger partial charge is 0.254 e. The summed E-state index contributed by atoms with van der Waals surface area (Å²) in [6.07, 6.45) is 4.47. The lowest BCUT2D eigenvalue weighted by Gasteiger charge is -2.28. The molecule has 1 aromatic carbocycles. The van der Waals surface area contributed by atoms with Gasteiger partial charge in [-0.3, -0.25) is 4.79 Å². The molecule has 0 aromatic heterocycles. The maximum Gasteiger partial charge on any atom is 0.254 e. The molecule has 1 amide bonds. The lowest BCUT2D eigenvalue weighted by atomic mass is 10.1. The number of nitrogens with one attached hydrogen (secondary N) is 1. The number of rotatable bonds is 6. The molecule has 0 aliphatic heterocycles. The Labute approximate surface area is 120 Å². The van der Waals surface area contributed by atoms with Crippen LogP contribution >= 0.6 is 0 Å². The number of aliphatic hydroxyl groups is 1. The van der Waals surface area contributed by atoms with Crippen LogP contribution in [0.4, 0.5) is 5.69 Å². The molecule has 1 saturated carbocycles. The molecule has 110 valence electrons. The summed E-state index contributed by atoms with van der Waals surface area (Å²) in [6, 6.07) is 7.88. The van der Waals surface area contributed by atoms with Gasteiger partial charge in [0.15, 0.2) is 0 Å². The Morgan fingerprint density at radius 1 is 1.30 bits per heavy atom. The highest BCUT2D eigenvalue weighted by molar-refractivity contribution is 5.94. The van der Waals surface area contributed by atoms with Crippen LogP contribution in [-0.4, -0.2) is 41.7 Å². The van der Waals surface area contributed by atoms with Gasteiger partial charge in [-0.05, 0) is 44.0 Å². The van der Waals surface area contributed by atoms with E-state index in [0.717, 1.165) is 25.1 Å².